The minimum atomic E-state index is -0.392. The first-order chi connectivity index (χ1) is 13.9. The highest BCUT2D eigenvalue weighted by atomic mass is 79.9. The first kappa shape index (κ1) is 22.0. The fraction of sp³-hybridized carbons (Fsp3) is 0.143. The summed E-state index contributed by atoms with van der Waals surface area (Å²) in [5.41, 5.74) is 2.39. The van der Waals surface area contributed by atoms with Crippen LogP contribution >= 0.6 is 50.7 Å². The van der Waals surface area contributed by atoms with E-state index in [4.69, 9.17) is 44.3 Å². The van der Waals surface area contributed by atoms with Gasteiger partial charge in [0, 0.05) is 21.6 Å². The Bertz CT molecular complexity index is 1030. The molecule has 29 heavy (non-hydrogen) atoms. The molecule has 1 N–H and O–H groups in total. The first-order valence-corrected chi connectivity index (χ1v) is 10.4. The molecule has 0 amide bonds. The van der Waals surface area contributed by atoms with Crippen molar-refractivity contribution in [2.45, 2.75) is 13.2 Å². The van der Waals surface area contributed by atoms with Gasteiger partial charge in [-0.2, -0.15) is 0 Å². The molecule has 8 heteroatoms. The Balaban J connectivity index is 1.74. The summed E-state index contributed by atoms with van der Waals surface area (Å²) in [5, 5.41) is 4.69. The van der Waals surface area contributed by atoms with Crippen LogP contribution in [0.25, 0.3) is 0 Å². The second kappa shape index (κ2) is 9.90. The van der Waals surface area contributed by atoms with Crippen LogP contribution < -0.4 is 14.8 Å². The van der Waals surface area contributed by atoms with E-state index in [1.54, 1.807) is 25.3 Å². The van der Waals surface area contributed by atoms with E-state index in [9.17, 15) is 4.39 Å². The van der Waals surface area contributed by atoms with Gasteiger partial charge in [-0.1, -0.05) is 56.8 Å². The van der Waals surface area contributed by atoms with E-state index < -0.39 is 5.82 Å². The molecule has 0 fully saturated rings. The number of methoxy groups -OCH3 is 1. The molecular weight excluding hydrogens is 503 g/mol. The van der Waals surface area contributed by atoms with Crippen molar-refractivity contribution in [2.24, 2.45) is 0 Å². The normalized spacial score (nSPS) is 10.7. The van der Waals surface area contributed by atoms with Crippen molar-refractivity contribution >= 4 is 56.4 Å². The van der Waals surface area contributed by atoms with Crippen molar-refractivity contribution in [3.8, 4) is 11.5 Å². The van der Waals surface area contributed by atoms with Gasteiger partial charge in [-0.25, -0.2) is 4.39 Å². The second-order valence-electron chi connectivity index (χ2n) is 6.10. The van der Waals surface area contributed by atoms with Gasteiger partial charge in [-0.3, -0.25) is 0 Å². The van der Waals surface area contributed by atoms with Crippen LogP contribution in [0.1, 0.15) is 11.1 Å². The number of anilines is 1. The van der Waals surface area contributed by atoms with Gasteiger partial charge in [-0.15, -0.1) is 0 Å². The summed E-state index contributed by atoms with van der Waals surface area (Å²) in [6.07, 6.45) is 0. The topological polar surface area (TPSA) is 30.5 Å². The molecule has 0 radical (unpaired) electrons. The summed E-state index contributed by atoms with van der Waals surface area (Å²) in [4.78, 5) is 0. The zero-order valence-electron chi connectivity index (χ0n) is 15.2. The molecule has 0 saturated carbocycles. The monoisotopic (exact) mass is 517 g/mol. The molecule has 0 heterocycles. The molecule has 0 aliphatic carbocycles. The number of rotatable bonds is 7. The summed E-state index contributed by atoms with van der Waals surface area (Å²) in [6, 6.07) is 13.1. The Morgan fingerprint density at radius 2 is 1.72 bits per heavy atom. The maximum absolute atomic E-state index is 13.2. The number of hydrogen-bond acceptors (Lipinski definition) is 3. The second-order valence-corrected chi connectivity index (χ2v) is 8.20. The van der Waals surface area contributed by atoms with E-state index in [0.29, 0.717) is 38.7 Å². The standard InChI is InChI=1S/C21H16BrCl3FNO2/c1-28-20-6-13(10-27-19-5-3-14(23)7-18(19)25)16(22)9-21(20)29-11-12-2-4-15(26)8-17(12)24/h2-9,27H,10-11H2,1H3. The molecule has 0 atom stereocenters. The highest BCUT2D eigenvalue weighted by molar-refractivity contribution is 9.10. The highest BCUT2D eigenvalue weighted by Crippen LogP contribution is 2.35. The summed E-state index contributed by atoms with van der Waals surface area (Å²) < 4.78 is 25.3. The van der Waals surface area contributed by atoms with Crippen molar-refractivity contribution in [2.75, 3.05) is 12.4 Å². The fourth-order valence-corrected chi connectivity index (χ4v) is 3.76. The van der Waals surface area contributed by atoms with Crippen LogP contribution in [0.15, 0.2) is 53.0 Å². The number of hydrogen-bond donors (Lipinski definition) is 1. The van der Waals surface area contributed by atoms with E-state index in [1.165, 1.54) is 12.1 Å². The van der Waals surface area contributed by atoms with Gasteiger partial charge in [-0.05, 0) is 48.0 Å². The lowest BCUT2D eigenvalue weighted by Gasteiger charge is -2.16. The lowest BCUT2D eigenvalue weighted by atomic mass is 10.2. The Labute approximate surface area is 191 Å². The zero-order valence-corrected chi connectivity index (χ0v) is 19.1. The Morgan fingerprint density at radius 3 is 2.41 bits per heavy atom. The van der Waals surface area contributed by atoms with Crippen molar-refractivity contribution in [1.82, 2.24) is 0 Å². The summed E-state index contributed by atoms with van der Waals surface area (Å²) >= 11 is 21.8. The van der Waals surface area contributed by atoms with Crippen LogP contribution in [0.5, 0.6) is 11.5 Å². The van der Waals surface area contributed by atoms with Gasteiger partial charge in [0.2, 0.25) is 0 Å². The molecule has 3 aromatic carbocycles. The molecule has 152 valence electrons. The molecule has 0 aliphatic rings. The summed E-state index contributed by atoms with van der Waals surface area (Å²) in [6.45, 7) is 0.683. The SMILES string of the molecule is COc1cc(CNc2ccc(Cl)cc2Cl)c(Br)cc1OCc1ccc(F)cc1Cl. The van der Waals surface area contributed by atoms with E-state index >= 15 is 0 Å². The maximum Gasteiger partial charge on any atom is 0.162 e. The van der Waals surface area contributed by atoms with Crippen LogP contribution in [0.3, 0.4) is 0 Å². The third-order valence-electron chi connectivity index (χ3n) is 4.13. The molecule has 3 aromatic rings. The number of ether oxygens (including phenoxy) is 2. The van der Waals surface area contributed by atoms with Crippen LogP contribution in [-0.2, 0) is 13.2 Å². The van der Waals surface area contributed by atoms with Gasteiger partial charge >= 0.3 is 0 Å². The van der Waals surface area contributed by atoms with E-state index in [2.05, 4.69) is 21.2 Å². The molecule has 0 aromatic heterocycles. The Kier molecular flexibility index (Phi) is 7.52. The van der Waals surface area contributed by atoms with Crippen LogP contribution in [0.4, 0.5) is 10.1 Å². The van der Waals surface area contributed by atoms with E-state index in [1.807, 2.05) is 18.2 Å². The fourth-order valence-electron chi connectivity index (χ4n) is 2.60. The van der Waals surface area contributed by atoms with Gasteiger partial charge in [0.15, 0.2) is 11.5 Å². The van der Waals surface area contributed by atoms with Crippen molar-refractivity contribution < 1.29 is 13.9 Å². The van der Waals surface area contributed by atoms with Gasteiger partial charge in [0.1, 0.15) is 12.4 Å². The summed E-state index contributed by atoms with van der Waals surface area (Å²) in [5.74, 6) is 0.704. The number of halogens is 5. The molecule has 0 spiro atoms. The molecule has 0 unspecified atom stereocenters. The van der Waals surface area contributed by atoms with Crippen LogP contribution in [-0.4, -0.2) is 7.11 Å². The lowest BCUT2D eigenvalue weighted by Crippen LogP contribution is -2.03. The Hall–Kier alpha value is -1.66. The van der Waals surface area contributed by atoms with Crippen LogP contribution in [0, 0.1) is 5.82 Å². The summed E-state index contributed by atoms with van der Waals surface area (Å²) in [7, 11) is 1.56. The first-order valence-electron chi connectivity index (χ1n) is 8.49. The third-order valence-corrected chi connectivity index (χ3v) is 5.77. The quantitative estimate of drug-likeness (QED) is 0.346. The van der Waals surface area contributed by atoms with Crippen LogP contribution in [0.2, 0.25) is 15.1 Å². The zero-order chi connectivity index (χ0) is 21.0. The van der Waals surface area contributed by atoms with Crippen molar-refractivity contribution in [3.05, 3.63) is 85.0 Å². The molecule has 3 nitrogen and oxygen atoms in total. The number of nitrogens with one attached hydrogen (secondary N) is 1. The highest BCUT2D eigenvalue weighted by Gasteiger charge is 2.12. The molecule has 3 rings (SSSR count). The molecule has 0 bridgehead atoms. The average Bonchev–Trinajstić information content (AvgIpc) is 2.67. The third kappa shape index (κ3) is 5.70. The van der Waals surface area contributed by atoms with Gasteiger partial charge in [0.05, 0.1) is 22.8 Å². The largest absolute Gasteiger partial charge is 0.493 e. The molecular formula is C21H16BrCl3FNO2. The molecule has 0 aliphatic heterocycles. The van der Waals surface area contributed by atoms with Gasteiger partial charge < -0.3 is 14.8 Å². The van der Waals surface area contributed by atoms with Crippen molar-refractivity contribution in [3.63, 3.8) is 0 Å². The van der Waals surface area contributed by atoms with Crippen molar-refractivity contribution in [1.29, 1.82) is 0 Å². The average molecular weight is 520 g/mol. The predicted octanol–water partition coefficient (Wildman–Crippen LogP) is 7.75. The van der Waals surface area contributed by atoms with E-state index in [0.717, 1.165) is 15.7 Å². The Morgan fingerprint density at radius 1 is 0.931 bits per heavy atom. The lowest BCUT2D eigenvalue weighted by molar-refractivity contribution is 0.284. The minimum Gasteiger partial charge on any atom is -0.493 e. The smallest absolute Gasteiger partial charge is 0.162 e. The van der Waals surface area contributed by atoms with Gasteiger partial charge in [0.25, 0.3) is 0 Å². The maximum atomic E-state index is 13.2. The minimum absolute atomic E-state index is 0.180. The number of benzene rings is 3. The van der Waals surface area contributed by atoms with E-state index in [-0.39, 0.29) is 6.61 Å². The molecule has 0 saturated heterocycles. The predicted molar refractivity (Wildman–Crippen MR) is 120 cm³/mol.